The van der Waals surface area contributed by atoms with Crippen LogP contribution in [0.2, 0.25) is 0 Å². The van der Waals surface area contributed by atoms with Crippen molar-refractivity contribution in [2.45, 2.75) is 9.10 Å². The van der Waals surface area contributed by atoms with Gasteiger partial charge in [0.05, 0.1) is 27.4 Å². The van der Waals surface area contributed by atoms with Crippen LogP contribution in [0.3, 0.4) is 0 Å². The molecule has 4 rings (SSSR count). The molecule has 0 radical (unpaired) electrons. The highest BCUT2D eigenvalue weighted by Gasteiger charge is 2.22. The maximum atomic E-state index is 12.9. The van der Waals surface area contributed by atoms with Gasteiger partial charge in [0, 0.05) is 0 Å². The summed E-state index contributed by atoms with van der Waals surface area (Å²) in [6.07, 6.45) is 0. The summed E-state index contributed by atoms with van der Waals surface area (Å²) >= 11 is -1.85. The fourth-order valence-electron chi connectivity index (χ4n) is 3.26. The van der Waals surface area contributed by atoms with Crippen molar-refractivity contribution in [1.29, 1.82) is 0 Å². The van der Waals surface area contributed by atoms with E-state index in [4.69, 9.17) is 14.6 Å². The van der Waals surface area contributed by atoms with Crippen molar-refractivity contribution in [2.75, 3.05) is 17.5 Å². The number of carbonyl (C=O) groups is 1. The number of anilines is 2. The molecule has 0 aliphatic carbocycles. The van der Waals surface area contributed by atoms with Gasteiger partial charge in [0.25, 0.3) is 0 Å². The molecule has 1 heterocycles. The lowest BCUT2D eigenvalue weighted by atomic mass is 10.2. The molecule has 12 heteroatoms. The molecule has 0 bridgehead atoms. The van der Waals surface area contributed by atoms with Crippen molar-refractivity contribution >= 4 is 49.1 Å². The number of benzene rings is 3. The Morgan fingerprint density at radius 1 is 0.865 bits per heavy atom. The fraction of sp³-hybridized carbons (Fsp3) is 0.0800. The van der Waals surface area contributed by atoms with Gasteiger partial charge in [-0.1, -0.05) is 18.2 Å². The minimum atomic E-state index is -3.77. The van der Waals surface area contributed by atoms with E-state index in [1.165, 1.54) is 36.4 Å². The van der Waals surface area contributed by atoms with Crippen LogP contribution < -0.4 is 13.8 Å². The molecule has 9 nitrogen and oxygen atoms in total. The van der Waals surface area contributed by atoms with E-state index < -0.39 is 27.1 Å². The summed E-state index contributed by atoms with van der Waals surface area (Å²) in [4.78, 5) is 11.0. The standard InChI is InChI=1S/C25H21NO8S3/c27-25(28)18-6-10-20(11-7-18)33-16-17-34-21-12-8-19(9-13-21)26(36(29)30)23-14-15-24(35-23)37(31,32)22-4-2-1-3-5-22/h1-15H,16-17H2,(H,27,28)(H,29,30)/p-1. The third-order valence-corrected chi connectivity index (χ3v) is 9.18. The van der Waals surface area contributed by atoms with Gasteiger partial charge in [0.2, 0.25) is 9.84 Å². The molecule has 0 aliphatic rings. The van der Waals surface area contributed by atoms with Crippen LogP contribution in [-0.2, 0) is 21.1 Å². The van der Waals surface area contributed by atoms with E-state index >= 15 is 0 Å². The maximum absolute atomic E-state index is 12.9. The summed E-state index contributed by atoms with van der Waals surface area (Å²) in [6.45, 7) is 0.404. The molecular formula is C25H20NO8S3-. The van der Waals surface area contributed by atoms with Crippen molar-refractivity contribution in [3.05, 3.63) is 96.6 Å². The van der Waals surface area contributed by atoms with Crippen LogP contribution in [0.15, 0.2) is 100 Å². The van der Waals surface area contributed by atoms with Gasteiger partial charge in [-0.15, -0.1) is 11.3 Å². The van der Waals surface area contributed by atoms with E-state index in [-0.39, 0.29) is 32.9 Å². The number of hydrogen-bond acceptors (Lipinski definition) is 8. The number of carboxylic acid groups (broad SMARTS) is 1. The van der Waals surface area contributed by atoms with Crippen LogP contribution in [0.4, 0.5) is 10.7 Å². The van der Waals surface area contributed by atoms with Gasteiger partial charge in [-0.3, -0.25) is 8.51 Å². The first-order valence-corrected chi connectivity index (χ1v) is 14.1. The first kappa shape index (κ1) is 26.4. The Morgan fingerprint density at radius 3 is 1.97 bits per heavy atom. The topological polar surface area (TPSA) is 133 Å². The molecule has 1 aromatic heterocycles. The third kappa shape index (κ3) is 6.35. The molecular weight excluding hydrogens is 538 g/mol. The smallest absolute Gasteiger partial charge is 0.335 e. The molecule has 1 atom stereocenters. The number of nitrogens with zero attached hydrogens (tertiary/aromatic N) is 1. The second-order valence-electron chi connectivity index (χ2n) is 7.44. The number of sulfone groups is 1. The minimum Gasteiger partial charge on any atom is -0.755 e. The average molecular weight is 559 g/mol. The Bertz CT molecular complexity index is 1490. The second-order valence-corrected chi connectivity index (χ2v) is 11.5. The van der Waals surface area contributed by atoms with Gasteiger partial charge in [-0.2, -0.15) is 0 Å². The Morgan fingerprint density at radius 2 is 1.43 bits per heavy atom. The summed E-state index contributed by atoms with van der Waals surface area (Å²) in [5, 5.41) is 9.14. The molecule has 1 N–H and O–H groups in total. The van der Waals surface area contributed by atoms with Gasteiger partial charge >= 0.3 is 5.97 Å². The molecule has 0 fully saturated rings. The van der Waals surface area contributed by atoms with E-state index in [0.29, 0.717) is 17.2 Å². The average Bonchev–Trinajstić information content (AvgIpc) is 3.39. The molecule has 0 spiro atoms. The number of ether oxygens (including phenoxy) is 2. The predicted octanol–water partition coefficient (Wildman–Crippen LogP) is 4.67. The van der Waals surface area contributed by atoms with E-state index in [1.54, 1.807) is 54.6 Å². The number of aromatic carboxylic acids is 1. The van der Waals surface area contributed by atoms with Crippen molar-refractivity contribution in [3.63, 3.8) is 0 Å². The lowest BCUT2D eigenvalue weighted by Gasteiger charge is -2.24. The van der Waals surface area contributed by atoms with Gasteiger partial charge < -0.3 is 19.1 Å². The highest BCUT2D eigenvalue weighted by Crippen LogP contribution is 2.37. The molecule has 37 heavy (non-hydrogen) atoms. The van der Waals surface area contributed by atoms with Gasteiger partial charge in [-0.25, -0.2) is 13.2 Å². The molecule has 0 aliphatic heterocycles. The number of carboxylic acids is 1. The van der Waals surface area contributed by atoms with Crippen molar-refractivity contribution in [3.8, 4) is 11.5 Å². The Kier molecular flexibility index (Phi) is 8.24. The summed E-state index contributed by atoms with van der Waals surface area (Å²) in [5.41, 5.74) is 0.467. The zero-order valence-corrected chi connectivity index (χ0v) is 21.5. The summed E-state index contributed by atoms with van der Waals surface area (Å²) in [6, 6.07) is 23.0. The lowest BCUT2D eigenvalue weighted by Crippen LogP contribution is -2.18. The largest absolute Gasteiger partial charge is 0.755 e. The molecule has 1 unspecified atom stereocenters. The van der Waals surface area contributed by atoms with E-state index in [2.05, 4.69) is 0 Å². The molecule has 3 aromatic carbocycles. The van der Waals surface area contributed by atoms with Gasteiger partial charge in [0.1, 0.15) is 33.9 Å². The van der Waals surface area contributed by atoms with Crippen LogP contribution in [0.25, 0.3) is 0 Å². The predicted molar refractivity (Wildman–Crippen MR) is 138 cm³/mol. The highest BCUT2D eigenvalue weighted by atomic mass is 32.2. The number of thiophene rings is 1. The first-order valence-electron chi connectivity index (χ1n) is 10.7. The number of hydrogen-bond donors (Lipinski definition) is 1. The normalized spacial score (nSPS) is 12.0. The Hall–Kier alpha value is -3.71. The monoisotopic (exact) mass is 558 g/mol. The van der Waals surface area contributed by atoms with Crippen LogP contribution in [0.5, 0.6) is 11.5 Å². The summed E-state index contributed by atoms with van der Waals surface area (Å²) in [5.74, 6) is -0.0414. The maximum Gasteiger partial charge on any atom is 0.335 e. The molecule has 192 valence electrons. The zero-order valence-electron chi connectivity index (χ0n) is 19.1. The van der Waals surface area contributed by atoms with E-state index in [0.717, 1.165) is 15.6 Å². The van der Waals surface area contributed by atoms with Crippen molar-refractivity contribution in [2.24, 2.45) is 0 Å². The number of rotatable bonds is 11. The molecule has 0 amide bonds. The Labute approximate surface area is 219 Å². The summed E-state index contributed by atoms with van der Waals surface area (Å²) in [7, 11) is -3.77. The summed E-state index contributed by atoms with van der Waals surface area (Å²) < 4.78 is 61.9. The minimum absolute atomic E-state index is 0.0294. The Balaban J connectivity index is 1.39. The van der Waals surface area contributed by atoms with Gasteiger partial charge in [-0.05, 0) is 72.8 Å². The molecule has 4 aromatic rings. The van der Waals surface area contributed by atoms with Crippen LogP contribution in [0.1, 0.15) is 10.4 Å². The fourth-order valence-corrected chi connectivity index (χ4v) is 6.70. The van der Waals surface area contributed by atoms with Crippen LogP contribution in [0, 0.1) is 0 Å². The SMILES string of the molecule is O=C(O)c1ccc(OCCOc2ccc(N(c3ccc(S(=O)(=O)c4ccccc4)s3)S(=O)[O-])cc2)cc1. The quantitative estimate of drug-likeness (QED) is 0.207. The second kappa shape index (κ2) is 11.6. The highest BCUT2D eigenvalue weighted by molar-refractivity contribution is 7.93. The van der Waals surface area contributed by atoms with Crippen molar-refractivity contribution < 1.29 is 36.6 Å². The third-order valence-electron chi connectivity index (χ3n) is 5.03. The lowest BCUT2D eigenvalue weighted by molar-refractivity contribution is 0.0696. The zero-order chi connectivity index (χ0) is 26.4. The molecule has 0 saturated carbocycles. The van der Waals surface area contributed by atoms with Crippen LogP contribution in [-0.4, -0.2) is 41.5 Å². The van der Waals surface area contributed by atoms with E-state index in [9.17, 15) is 22.0 Å². The molecule has 0 saturated heterocycles. The van der Waals surface area contributed by atoms with Crippen LogP contribution >= 0.6 is 11.3 Å². The van der Waals surface area contributed by atoms with Gasteiger partial charge in [0.15, 0.2) is 0 Å². The first-order chi connectivity index (χ1) is 17.8. The van der Waals surface area contributed by atoms with Crippen molar-refractivity contribution in [1.82, 2.24) is 0 Å². The van der Waals surface area contributed by atoms with E-state index in [1.807, 2.05) is 0 Å².